The second-order valence-electron chi connectivity index (χ2n) is 7.94. The van der Waals surface area contributed by atoms with Crippen molar-refractivity contribution in [2.45, 2.75) is 18.9 Å². The molecule has 0 spiro atoms. The Balaban J connectivity index is 1.40. The van der Waals surface area contributed by atoms with Crippen LogP contribution in [0, 0.1) is 11.6 Å². The molecular weight excluding hydrogens is 398 g/mol. The highest BCUT2D eigenvalue weighted by Crippen LogP contribution is 2.39. The molecule has 5 nitrogen and oxygen atoms in total. The standard InChI is InChI=1S/C24H24F2N4O/c1-28-23-17(16-27-28)5-7-21(29-11-3-2-4-12-29)24(23)30-13-9-19(10-14-30)31-22-8-6-18(25)15-20(22)26/h2-8,11,15-16,19H,9-10,12-14H2,1H3. The fraction of sp³-hybridized carbons (Fsp3) is 0.292. The van der Waals surface area contributed by atoms with E-state index in [1.54, 1.807) is 0 Å². The van der Waals surface area contributed by atoms with Crippen LogP contribution in [0.1, 0.15) is 12.8 Å². The topological polar surface area (TPSA) is 33.5 Å². The van der Waals surface area contributed by atoms with Gasteiger partial charge in [0.1, 0.15) is 11.9 Å². The number of halogens is 2. The van der Waals surface area contributed by atoms with E-state index in [0.717, 1.165) is 60.8 Å². The molecule has 0 aliphatic carbocycles. The zero-order valence-electron chi connectivity index (χ0n) is 17.3. The molecule has 5 rings (SSSR count). The van der Waals surface area contributed by atoms with Crippen molar-refractivity contribution in [2.75, 3.05) is 29.4 Å². The van der Waals surface area contributed by atoms with Gasteiger partial charge in [0.05, 0.1) is 23.1 Å². The van der Waals surface area contributed by atoms with Gasteiger partial charge in [-0.3, -0.25) is 4.68 Å². The SMILES string of the molecule is Cn1ncc2ccc(N3C=CC=CC3)c(N3CCC(Oc4ccc(F)cc4F)CC3)c21. The van der Waals surface area contributed by atoms with Gasteiger partial charge in [-0.15, -0.1) is 0 Å². The molecule has 160 valence electrons. The molecule has 31 heavy (non-hydrogen) atoms. The van der Waals surface area contributed by atoms with Crippen LogP contribution < -0.4 is 14.5 Å². The molecule has 0 N–H and O–H groups in total. The van der Waals surface area contributed by atoms with Crippen LogP contribution in [-0.4, -0.2) is 35.5 Å². The van der Waals surface area contributed by atoms with Crippen LogP contribution in [-0.2, 0) is 7.05 Å². The number of hydrogen-bond donors (Lipinski definition) is 0. The molecule has 0 amide bonds. The first-order valence-corrected chi connectivity index (χ1v) is 10.5. The van der Waals surface area contributed by atoms with Crippen molar-refractivity contribution in [3.05, 3.63) is 72.6 Å². The summed E-state index contributed by atoms with van der Waals surface area (Å²) in [6, 6.07) is 7.71. The van der Waals surface area contributed by atoms with E-state index < -0.39 is 11.6 Å². The highest BCUT2D eigenvalue weighted by atomic mass is 19.1. The molecule has 2 aromatic carbocycles. The highest BCUT2D eigenvalue weighted by molar-refractivity contribution is 5.99. The van der Waals surface area contributed by atoms with E-state index in [1.807, 2.05) is 24.0 Å². The fourth-order valence-corrected chi connectivity index (χ4v) is 4.37. The van der Waals surface area contributed by atoms with E-state index in [1.165, 1.54) is 12.1 Å². The molecule has 7 heteroatoms. The zero-order chi connectivity index (χ0) is 21.4. The van der Waals surface area contributed by atoms with Crippen molar-refractivity contribution in [3.8, 4) is 5.75 Å². The maximum atomic E-state index is 14.0. The third-order valence-corrected chi connectivity index (χ3v) is 5.93. The number of piperidine rings is 1. The monoisotopic (exact) mass is 422 g/mol. The van der Waals surface area contributed by atoms with Gasteiger partial charge in [-0.25, -0.2) is 8.78 Å². The van der Waals surface area contributed by atoms with Gasteiger partial charge in [0, 0.05) is 57.2 Å². The average Bonchev–Trinajstić information content (AvgIpc) is 3.17. The zero-order valence-corrected chi connectivity index (χ0v) is 17.3. The number of aromatic nitrogens is 2. The van der Waals surface area contributed by atoms with Crippen molar-refractivity contribution >= 4 is 22.3 Å². The van der Waals surface area contributed by atoms with Crippen LogP contribution in [0.4, 0.5) is 20.2 Å². The van der Waals surface area contributed by atoms with E-state index in [2.05, 4.69) is 45.4 Å². The highest BCUT2D eigenvalue weighted by Gasteiger charge is 2.27. The molecule has 1 aromatic heterocycles. The Bertz CT molecular complexity index is 1160. The summed E-state index contributed by atoms with van der Waals surface area (Å²) in [5, 5.41) is 5.57. The fourth-order valence-electron chi connectivity index (χ4n) is 4.37. The number of benzene rings is 2. The Morgan fingerprint density at radius 1 is 1.06 bits per heavy atom. The van der Waals surface area contributed by atoms with E-state index in [4.69, 9.17) is 4.74 Å². The molecular formula is C24H24F2N4O. The minimum Gasteiger partial charge on any atom is -0.487 e. The number of hydrogen-bond acceptors (Lipinski definition) is 4. The minimum atomic E-state index is -0.658. The summed E-state index contributed by atoms with van der Waals surface area (Å²) in [6.45, 7) is 2.37. The summed E-state index contributed by atoms with van der Waals surface area (Å²) < 4.78 is 34.9. The van der Waals surface area contributed by atoms with E-state index in [0.29, 0.717) is 0 Å². The summed E-state index contributed by atoms with van der Waals surface area (Å²) in [6.07, 6.45) is 11.6. The second-order valence-corrected chi connectivity index (χ2v) is 7.94. The lowest BCUT2D eigenvalue weighted by Crippen LogP contribution is -2.39. The minimum absolute atomic E-state index is 0.108. The van der Waals surface area contributed by atoms with Crippen molar-refractivity contribution < 1.29 is 13.5 Å². The third-order valence-electron chi connectivity index (χ3n) is 5.93. The lowest BCUT2D eigenvalue weighted by atomic mass is 10.0. The molecule has 3 aromatic rings. The number of aryl methyl sites for hydroxylation is 1. The van der Waals surface area contributed by atoms with Gasteiger partial charge < -0.3 is 14.5 Å². The predicted molar refractivity (Wildman–Crippen MR) is 119 cm³/mol. The number of allylic oxidation sites excluding steroid dienone is 2. The predicted octanol–water partition coefficient (Wildman–Crippen LogP) is 4.79. The van der Waals surface area contributed by atoms with E-state index >= 15 is 0 Å². The van der Waals surface area contributed by atoms with E-state index in [9.17, 15) is 8.78 Å². The summed E-state index contributed by atoms with van der Waals surface area (Å²) in [5.74, 6) is -1.15. The van der Waals surface area contributed by atoms with Gasteiger partial charge >= 0.3 is 0 Å². The molecule has 2 aliphatic rings. The van der Waals surface area contributed by atoms with Gasteiger partial charge in [0.2, 0.25) is 0 Å². The van der Waals surface area contributed by atoms with Crippen LogP contribution >= 0.6 is 0 Å². The third kappa shape index (κ3) is 3.76. The Kier molecular flexibility index (Phi) is 5.10. The van der Waals surface area contributed by atoms with Gasteiger partial charge in [0.25, 0.3) is 0 Å². The first kappa shape index (κ1) is 19.6. The number of nitrogens with zero attached hydrogens (tertiary/aromatic N) is 4. The van der Waals surface area contributed by atoms with Crippen LogP contribution in [0.25, 0.3) is 10.9 Å². The normalized spacial score (nSPS) is 17.0. The Morgan fingerprint density at radius 2 is 1.90 bits per heavy atom. The molecule has 1 saturated heterocycles. The summed E-state index contributed by atoms with van der Waals surface area (Å²) in [7, 11) is 1.97. The lowest BCUT2D eigenvalue weighted by molar-refractivity contribution is 0.163. The average molecular weight is 422 g/mol. The van der Waals surface area contributed by atoms with Crippen LogP contribution in [0.5, 0.6) is 5.75 Å². The Labute approximate surface area is 179 Å². The number of fused-ring (bicyclic) bond motifs is 1. The quantitative estimate of drug-likeness (QED) is 0.606. The lowest BCUT2D eigenvalue weighted by Gasteiger charge is -2.37. The van der Waals surface area contributed by atoms with Gasteiger partial charge in [0.15, 0.2) is 11.6 Å². The maximum Gasteiger partial charge on any atom is 0.167 e. The first-order chi connectivity index (χ1) is 15.1. The van der Waals surface area contributed by atoms with Crippen molar-refractivity contribution in [1.29, 1.82) is 0 Å². The molecule has 0 bridgehead atoms. The van der Waals surface area contributed by atoms with Gasteiger partial charge in [-0.2, -0.15) is 5.10 Å². The van der Waals surface area contributed by atoms with Crippen LogP contribution in [0.15, 0.2) is 61.0 Å². The van der Waals surface area contributed by atoms with Crippen LogP contribution in [0.3, 0.4) is 0 Å². The smallest absolute Gasteiger partial charge is 0.167 e. The van der Waals surface area contributed by atoms with Crippen molar-refractivity contribution in [2.24, 2.45) is 7.05 Å². The van der Waals surface area contributed by atoms with Crippen molar-refractivity contribution in [3.63, 3.8) is 0 Å². The molecule has 3 heterocycles. The van der Waals surface area contributed by atoms with Gasteiger partial charge in [-0.1, -0.05) is 12.2 Å². The summed E-state index contributed by atoms with van der Waals surface area (Å²) in [5.41, 5.74) is 3.40. The number of ether oxygens (including phenoxy) is 1. The molecule has 0 saturated carbocycles. The molecule has 1 fully saturated rings. The Morgan fingerprint density at radius 3 is 2.65 bits per heavy atom. The summed E-state index contributed by atoms with van der Waals surface area (Å²) in [4.78, 5) is 4.60. The van der Waals surface area contributed by atoms with Crippen LogP contribution in [0.2, 0.25) is 0 Å². The molecule has 0 atom stereocenters. The van der Waals surface area contributed by atoms with E-state index in [-0.39, 0.29) is 11.9 Å². The van der Waals surface area contributed by atoms with Crippen molar-refractivity contribution in [1.82, 2.24) is 9.78 Å². The number of anilines is 2. The maximum absolute atomic E-state index is 14.0. The van der Waals surface area contributed by atoms with Gasteiger partial charge in [-0.05, 0) is 30.3 Å². The largest absolute Gasteiger partial charge is 0.487 e. The molecule has 0 unspecified atom stereocenters. The number of rotatable bonds is 4. The first-order valence-electron chi connectivity index (χ1n) is 10.5. The molecule has 2 aliphatic heterocycles. The summed E-state index contributed by atoms with van der Waals surface area (Å²) >= 11 is 0. The Hall–Kier alpha value is -3.35. The second kappa shape index (κ2) is 8.06. The molecule has 0 radical (unpaired) electrons.